The fraction of sp³-hybridized carbons (Fsp3) is 0.0526. The predicted octanol–water partition coefficient (Wildman–Crippen LogP) is 5.60. The summed E-state index contributed by atoms with van der Waals surface area (Å²) >= 11 is 3.41. The Hall–Kier alpha value is -3.26. The monoisotopic (exact) mass is 427 g/mol. The minimum absolute atomic E-state index is 0.0515. The highest BCUT2D eigenvalue weighted by Gasteiger charge is 2.25. The highest BCUT2D eigenvalue weighted by Crippen LogP contribution is 2.34. The zero-order chi connectivity index (χ0) is 19.4. The third kappa shape index (κ3) is 4.29. The second-order valence-electron chi connectivity index (χ2n) is 5.76. The molecular weight excluding hydrogens is 414 g/mol. The molecule has 0 radical (unpaired) electrons. The molecule has 0 heterocycles. The molecule has 0 saturated heterocycles. The molecule has 8 heteroatoms. The van der Waals surface area contributed by atoms with Crippen molar-refractivity contribution in [3.8, 4) is 0 Å². The van der Waals surface area contributed by atoms with E-state index in [2.05, 4.69) is 21.2 Å². The molecule has 0 amide bonds. The van der Waals surface area contributed by atoms with E-state index in [1.165, 1.54) is 18.2 Å². The lowest BCUT2D eigenvalue weighted by molar-refractivity contribution is -0.395. The first-order valence-corrected chi connectivity index (χ1v) is 8.76. The molecule has 0 aliphatic rings. The Morgan fingerprint density at radius 3 is 2.07 bits per heavy atom. The van der Waals surface area contributed by atoms with Crippen molar-refractivity contribution in [2.75, 3.05) is 5.32 Å². The summed E-state index contributed by atoms with van der Waals surface area (Å²) in [6.45, 7) is 0. The quantitative estimate of drug-likeness (QED) is 0.407. The lowest BCUT2D eigenvalue weighted by Gasteiger charge is -2.13. The summed E-state index contributed by atoms with van der Waals surface area (Å²) in [7, 11) is 0. The second-order valence-corrected chi connectivity index (χ2v) is 6.67. The summed E-state index contributed by atoms with van der Waals surface area (Å²) in [5, 5.41) is 26.0. The molecule has 3 rings (SSSR count). The topological polar surface area (TPSA) is 98.3 Å². The van der Waals surface area contributed by atoms with Crippen molar-refractivity contribution in [1.82, 2.24) is 0 Å². The van der Waals surface area contributed by atoms with Crippen LogP contribution in [0.3, 0.4) is 0 Å². The van der Waals surface area contributed by atoms with Gasteiger partial charge >= 0.3 is 0 Å². The first-order valence-electron chi connectivity index (χ1n) is 7.97. The van der Waals surface area contributed by atoms with Crippen LogP contribution in [0.1, 0.15) is 11.1 Å². The standard InChI is InChI=1S/C19H14BrN3O4/c20-14-10-9-13(17(12-14)21-15-5-2-1-3-6-15)11-16-18(22(24)25)7-4-8-19(16)23(26)27/h1-10,12,21H,11H2. The van der Waals surface area contributed by atoms with Crippen LogP contribution in [-0.2, 0) is 6.42 Å². The number of rotatable bonds is 6. The Morgan fingerprint density at radius 2 is 1.48 bits per heavy atom. The number of hydrogen-bond acceptors (Lipinski definition) is 5. The molecule has 0 bridgehead atoms. The fourth-order valence-electron chi connectivity index (χ4n) is 2.77. The Bertz CT molecular complexity index is 977. The minimum atomic E-state index is -0.592. The number of nitrogens with one attached hydrogen (secondary N) is 1. The van der Waals surface area contributed by atoms with Crippen LogP contribution in [0.25, 0.3) is 0 Å². The van der Waals surface area contributed by atoms with Crippen LogP contribution in [0.4, 0.5) is 22.7 Å². The van der Waals surface area contributed by atoms with Crippen molar-refractivity contribution in [3.63, 3.8) is 0 Å². The molecule has 1 N–H and O–H groups in total. The van der Waals surface area contributed by atoms with E-state index >= 15 is 0 Å². The van der Waals surface area contributed by atoms with Crippen molar-refractivity contribution in [2.24, 2.45) is 0 Å². The molecule has 136 valence electrons. The number of nitro benzene ring substituents is 2. The maximum atomic E-state index is 11.4. The zero-order valence-electron chi connectivity index (χ0n) is 14.0. The van der Waals surface area contributed by atoms with Gasteiger partial charge in [-0.25, -0.2) is 0 Å². The van der Waals surface area contributed by atoms with Gasteiger partial charge in [-0.05, 0) is 35.9 Å². The average Bonchev–Trinajstić information content (AvgIpc) is 2.64. The van der Waals surface area contributed by atoms with E-state index in [4.69, 9.17) is 0 Å². The van der Waals surface area contributed by atoms with E-state index in [0.29, 0.717) is 11.3 Å². The lowest BCUT2D eigenvalue weighted by Crippen LogP contribution is -2.04. The number of hydrogen-bond donors (Lipinski definition) is 1. The van der Waals surface area contributed by atoms with Crippen molar-refractivity contribution in [2.45, 2.75) is 6.42 Å². The number of para-hydroxylation sites is 1. The van der Waals surface area contributed by atoms with Gasteiger partial charge in [0, 0.05) is 34.4 Å². The van der Waals surface area contributed by atoms with Crippen molar-refractivity contribution in [3.05, 3.63) is 103 Å². The average molecular weight is 428 g/mol. The summed E-state index contributed by atoms with van der Waals surface area (Å²) in [4.78, 5) is 21.6. The molecular formula is C19H14BrN3O4. The Labute approximate surface area is 163 Å². The van der Waals surface area contributed by atoms with E-state index in [1.54, 1.807) is 12.1 Å². The van der Waals surface area contributed by atoms with E-state index in [9.17, 15) is 20.2 Å². The normalized spacial score (nSPS) is 10.4. The van der Waals surface area contributed by atoms with Crippen LogP contribution >= 0.6 is 15.9 Å². The Morgan fingerprint density at radius 1 is 0.852 bits per heavy atom. The van der Waals surface area contributed by atoms with Crippen LogP contribution in [0.2, 0.25) is 0 Å². The van der Waals surface area contributed by atoms with Crippen molar-refractivity contribution < 1.29 is 9.85 Å². The third-order valence-corrected chi connectivity index (χ3v) is 4.51. The zero-order valence-corrected chi connectivity index (χ0v) is 15.5. The van der Waals surface area contributed by atoms with Crippen molar-refractivity contribution in [1.29, 1.82) is 0 Å². The van der Waals surface area contributed by atoms with Gasteiger partial charge in [0.2, 0.25) is 0 Å². The molecule has 7 nitrogen and oxygen atoms in total. The molecule has 27 heavy (non-hydrogen) atoms. The van der Waals surface area contributed by atoms with E-state index in [1.807, 2.05) is 36.4 Å². The molecule has 0 unspecified atom stereocenters. The molecule has 0 aliphatic carbocycles. The summed E-state index contributed by atoms with van der Waals surface area (Å²) < 4.78 is 0.821. The number of halogens is 1. The molecule has 0 saturated carbocycles. The largest absolute Gasteiger partial charge is 0.355 e. The second kappa shape index (κ2) is 7.96. The summed E-state index contributed by atoms with van der Waals surface area (Å²) in [5.41, 5.74) is 1.80. The maximum Gasteiger partial charge on any atom is 0.279 e. The number of benzene rings is 3. The van der Waals surface area contributed by atoms with E-state index in [-0.39, 0.29) is 23.4 Å². The Kier molecular flexibility index (Phi) is 5.46. The summed E-state index contributed by atoms with van der Waals surface area (Å²) in [6, 6.07) is 18.7. The Balaban J connectivity index is 2.06. The van der Waals surface area contributed by atoms with Gasteiger partial charge in [0.25, 0.3) is 11.4 Å². The smallest absolute Gasteiger partial charge is 0.279 e. The van der Waals surface area contributed by atoms with Crippen LogP contribution in [0.15, 0.2) is 71.2 Å². The lowest BCUT2D eigenvalue weighted by atomic mass is 10.00. The molecule has 3 aromatic carbocycles. The van der Waals surface area contributed by atoms with Gasteiger partial charge in [-0.1, -0.05) is 40.2 Å². The van der Waals surface area contributed by atoms with Crippen LogP contribution in [0, 0.1) is 20.2 Å². The van der Waals surface area contributed by atoms with Crippen molar-refractivity contribution >= 4 is 38.7 Å². The highest BCUT2D eigenvalue weighted by molar-refractivity contribution is 9.10. The SMILES string of the molecule is O=[N+]([O-])c1cccc([N+](=O)[O-])c1Cc1ccc(Br)cc1Nc1ccccc1. The van der Waals surface area contributed by atoms with Gasteiger partial charge in [-0.15, -0.1) is 0 Å². The van der Waals surface area contributed by atoms with E-state index < -0.39 is 9.85 Å². The number of nitro groups is 2. The van der Waals surface area contributed by atoms with Gasteiger partial charge in [-0.2, -0.15) is 0 Å². The molecule has 0 aromatic heterocycles. The van der Waals surface area contributed by atoms with Gasteiger partial charge in [0.15, 0.2) is 0 Å². The molecule has 0 spiro atoms. The minimum Gasteiger partial charge on any atom is -0.355 e. The number of nitrogens with zero attached hydrogens (tertiary/aromatic N) is 2. The highest BCUT2D eigenvalue weighted by atomic mass is 79.9. The predicted molar refractivity (Wildman–Crippen MR) is 106 cm³/mol. The van der Waals surface area contributed by atoms with Crippen LogP contribution in [0.5, 0.6) is 0 Å². The molecule has 0 fully saturated rings. The van der Waals surface area contributed by atoms with E-state index in [0.717, 1.165) is 10.2 Å². The summed E-state index contributed by atoms with van der Waals surface area (Å²) in [5.74, 6) is 0. The third-order valence-electron chi connectivity index (χ3n) is 4.01. The molecule has 0 aliphatic heterocycles. The van der Waals surface area contributed by atoms with Gasteiger partial charge in [-0.3, -0.25) is 20.2 Å². The van der Waals surface area contributed by atoms with Crippen LogP contribution in [-0.4, -0.2) is 9.85 Å². The maximum absolute atomic E-state index is 11.4. The van der Waals surface area contributed by atoms with Gasteiger partial charge < -0.3 is 5.32 Å². The first-order chi connectivity index (χ1) is 13.0. The molecule has 3 aromatic rings. The molecule has 0 atom stereocenters. The van der Waals surface area contributed by atoms with Crippen LogP contribution < -0.4 is 5.32 Å². The first kappa shape index (κ1) is 18.5. The number of anilines is 2. The van der Waals surface area contributed by atoms with Gasteiger partial charge in [0.05, 0.1) is 9.85 Å². The van der Waals surface area contributed by atoms with Gasteiger partial charge in [0.1, 0.15) is 5.56 Å². The summed E-state index contributed by atoms with van der Waals surface area (Å²) in [6.07, 6.45) is 0.0515. The fourth-order valence-corrected chi connectivity index (χ4v) is 3.13.